The fraction of sp³-hybridized carbons (Fsp3) is 0.333. The molecule has 0 saturated carbocycles. The van der Waals surface area contributed by atoms with E-state index < -0.39 is 15.8 Å². The molecule has 1 unspecified atom stereocenters. The highest BCUT2D eigenvalue weighted by Crippen LogP contribution is 2.29. The maximum atomic E-state index is 13.3. The second-order valence-electron chi connectivity index (χ2n) is 5.29. The normalized spacial score (nSPS) is 20.0. The molecule has 7 heteroatoms. The van der Waals surface area contributed by atoms with Crippen molar-refractivity contribution in [3.05, 3.63) is 54.4 Å². The fourth-order valence-corrected chi connectivity index (χ4v) is 4.26. The minimum Gasteiger partial charge on any atom is -0.261 e. The number of halogens is 1. The Morgan fingerprint density at radius 3 is 2.86 bits per heavy atom. The Kier molecular flexibility index (Phi) is 4.17. The van der Waals surface area contributed by atoms with Crippen LogP contribution < -0.4 is 0 Å². The van der Waals surface area contributed by atoms with Gasteiger partial charge in [-0.2, -0.15) is 4.31 Å². The van der Waals surface area contributed by atoms with Crippen LogP contribution in [0, 0.1) is 5.82 Å². The Balaban J connectivity index is 1.85. The molecule has 1 aliphatic rings. The molecule has 1 aromatic heterocycles. The quantitative estimate of drug-likeness (QED) is 0.869. The Bertz CT molecular complexity index is 752. The molecule has 22 heavy (non-hydrogen) atoms. The molecule has 1 fully saturated rings. The minimum absolute atomic E-state index is 0.00713. The van der Waals surface area contributed by atoms with Crippen molar-refractivity contribution in [2.45, 2.75) is 23.7 Å². The van der Waals surface area contributed by atoms with Gasteiger partial charge in [-0.3, -0.25) is 9.97 Å². The Morgan fingerprint density at radius 2 is 2.14 bits per heavy atom. The van der Waals surface area contributed by atoms with Crippen LogP contribution in [0.4, 0.5) is 4.39 Å². The third-order valence-corrected chi connectivity index (χ3v) is 5.68. The molecule has 5 nitrogen and oxygen atoms in total. The lowest BCUT2D eigenvalue weighted by molar-refractivity contribution is 0.312. The summed E-state index contributed by atoms with van der Waals surface area (Å²) < 4.78 is 40.0. The maximum absolute atomic E-state index is 13.3. The van der Waals surface area contributed by atoms with Crippen LogP contribution in [-0.2, 0) is 10.0 Å². The highest BCUT2D eigenvalue weighted by molar-refractivity contribution is 7.89. The van der Waals surface area contributed by atoms with Crippen LogP contribution in [0.25, 0.3) is 0 Å². The van der Waals surface area contributed by atoms with Crippen molar-refractivity contribution in [1.29, 1.82) is 0 Å². The Labute approximate surface area is 128 Å². The second kappa shape index (κ2) is 6.10. The van der Waals surface area contributed by atoms with Crippen molar-refractivity contribution < 1.29 is 12.8 Å². The number of aromatic nitrogens is 2. The summed E-state index contributed by atoms with van der Waals surface area (Å²) in [5, 5.41) is 0. The smallest absolute Gasteiger partial charge is 0.243 e. The Morgan fingerprint density at radius 1 is 1.27 bits per heavy atom. The minimum atomic E-state index is -3.68. The predicted molar refractivity (Wildman–Crippen MR) is 79.2 cm³/mol. The molecule has 116 valence electrons. The van der Waals surface area contributed by atoms with Crippen LogP contribution in [-0.4, -0.2) is 35.8 Å². The lowest BCUT2D eigenvalue weighted by atomic mass is 9.96. The molecule has 2 heterocycles. The van der Waals surface area contributed by atoms with E-state index in [1.807, 2.05) is 0 Å². The summed E-state index contributed by atoms with van der Waals surface area (Å²) in [4.78, 5) is 8.29. The van der Waals surface area contributed by atoms with Gasteiger partial charge in [0.2, 0.25) is 10.0 Å². The maximum Gasteiger partial charge on any atom is 0.243 e. The lowest BCUT2D eigenvalue weighted by Crippen LogP contribution is -2.39. The Hall–Kier alpha value is -1.86. The van der Waals surface area contributed by atoms with E-state index in [0.29, 0.717) is 13.1 Å². The highest BCUT2D eigenvalue weighted by atomic mass is 32.2. The number of sulfonamides is 1. The average Bonchev–Trinajstić information content (AvgIpc) is 2.56. The van der Waals surface area contributed by atoms with Crippen LogP contribution in [0.3, 0.4) is 0 Å². The van der Waals surface area contributed by atoms with Gasteiger partial charge >= 0.3 is 0 Å². The van der Waals surface area contributed by atoms with Gasteiger partial charge in [0, 0.05) is 37.6 Å². The van der Waals surface area contributed by atoms with E-state index in [4.69, 9.17) is 0 Å². The van der Waals surface area contributed by atoms with Crippen LogP contribution in [0.15, 0.2) is 47.8 Å². The summed E-state index contributed by atoms with van der Waals surface area (Å²) in [7, 11) is -3.68. The van der Waals surface area contributed by atoms with E-state index in [-0.39, 0.29) is 10.8 Å². The number of hydrogen-bond acceptors (Lipinski definition) is 4. The SMILES string of the molecule is O=S(=O)(c1cccc(F)c1)N1CCCC(c2cnccn2)C1. The standard InChI is InChI=1S/C15H16FN3O2S/c16-13-4-1-5-14(9-13)22(20,21)19-8-2-3-12(11-19)15-10-17-6-7-18-15/h1,4-7,9-10,12H,2-3,8,11H2. The van der Waals surface area contributed by atoms with Gasteiger partial charge in [0.1, 0.15) is 5.82 Å². The molecule has 0 spiro atoms. The molecule has 1 saturated heterocycles. The summed E-state index contributed by atoms with van der Waals surface area (Å²) in [6.07, 6.45) is 6.48. The monoisotopic (exact) mass is 321 g/mol. The number of benzene rings is 1. The molecule has 1 aromatic carbocycles. The van der Waals surface area contributed by atoms with E-state index in [9.17, 15) is 12.8 Å². The van der Waals surface area contributed by atoms with Crippen molar-refractivity contribution >= 4 is 10.0 Å². The zero-order valence-corrected chi connectivity index (χ0v) is 12.7. The van der Waals surface area contributed by atoms with Crippen LogP contribution in [0.2, 0.25) is 0 Å². The summed E-state index contributed by atoms with van der Waals surface area (Å²) >= 11 is 0. The zero-order chi connectivity index (χ0) is 15.6. The third kappa shape index (κ3) is 3.00. The molecule has 1 atom stereocenters. The van der Waals surface area contributed by atoms with Crippen molar-refractivity contribution in [2.75, 3.05) is 13.1 Å². The van der Waals surface area contributed by atoms with E-state index in [1.165, 1.54) is 22.5 Å². The van der Waals surface area contributed by atoms with Gasteiger partial charge < -0.3 is 0 Å². The largest absolute Gasteiger partial charge is 0.261 e. The average molecular weight is 321 g/mol. The summed E-state index contributed by atoms with van der Waals surface area (Å²) in [6.45, 7) is 0.785. The van der Waals surface area contributed by atoms with Gasteiger partial charge in [-0.15, -0.1) is 0 Å². The van der Waals surface area contributed by atoms with Crippen molar-refractivity contribution in [3.8, 4) is 0 Å². The van der Waals surface area contributed by atoms with Gasteiger partial charge in [-0.05, 0) is 31.0 Å². The first-order valence-corrected chi connectivity index (χ1v) is 8.53. The van der Waals surface area contributed by atoms with Crippen molar-refractivity contribution in [1.82, 2.24) is 14.3 Å². The van der Waals surface area contributed by atoms with E-state index >= 15 is 0 Å². The van der Waals surface area contributed by atoms with Gasteiger partial charge in [-0.1, -0.05) is 6.07 Å². The molecule has 0 amide bonds. The summed E-state index contributed by atoms with van der Waals surface area (Å²) in [5.41, 5.74) is 0.793. The molecule has 0 bridgehead atoms. The van der Waals surface area contributed by atoms with Gasteiger partial charge in [0.25, 0.3) is 0 Å². The van der Waals surface area contributed by atoms with Crippen LogP contribution in [0.1, 0.15) is 24.5 Å². The number of piperidine rings is 1. The first kappa shape index (κ1) is 15.1. The molecule has 2 aromatic rings. The van der Waals surface area contributed by atoms with Crippen molar-refractivity contribution in [2.24, 2.45) is 0 Å². The first-order chi connectivity index (χ1) is 10.6. The zero-order valence-electron chi connectivity index (χ0n) is 11.9. The van der Waals surface area contributed by atoms with Gasteiger partial charge in [0.15, 0.2) is 0 Å². The third-order valence-electron chi connectivity index (χ3n) is 3.82. The first-order valence-electron chi connectivity index (χ1n) is 7.09. The molecule has 0 radical (unpaired) electrons. The molecule has 1 aliphatic heterocycles. The van der Waals surface area contributed by atoms with E-state index in [1.54, 1.807) is 18.6 Å². The number of hydrogen-bond donors (Lipinski definition) is 0. The van der Waals surface area contributed by atoms with E-state index in [2.05, 4.69) is 9.97 Å². The molecule has 0 N–H and O–H groups in total. The molecular weight excluding hydrogens is 305 g/mol. The second-order valence-corrected chi connectivity index (χ2v) is 7.23. The summed E-state index contributed by atoms with van der Waals surface area (Å²) in [5.74, 6) is -0.533. The lowest BCUT2D eigenvalue weighted by Gasteiger charge is -2.31. The van der Waals surface area contributed by atoms with E-state index in [0.717, 1.165) is 24.6 Å². The van der Waals surface area contributed by atoms with Crippen molar-refractivity contribution in [3.63, 3.8) is 0 Å². The number of rotatable bonds is 3. The van der Waals surface area contributed by atoms with Crippen LogP contribution >= 0.6 is 0 Å². The molecule has 0 aliphatic carbocycles. The molecular formula is C15H16FN3O2S. The van der Waals surface area contributed by atoms with Gasteiger partial charge in [0.05, 0.1) is 10.6 Å². The topological polar surface area (TPSA) is 63.2 Å². The highest BCUT2D eigenvalue weighted by Gasteiger charge is 2.31. The van der Waals surface area contributed by atoms with Crippen LogP contribution in [0.5, 0.6) is 0 Å². The predicted octanol–water partition coefficient (Wildman–Crippen LogP) is 2.18. The molecule has 3 rings (SSSR count). The summed E-state index contributed by atoms with van der Waals surface area (Å²) in [6, 6.07) is 5.12. The number of nitrogens with zero attached hydrogens (tertiary/aromatic N) is 3. The fourth-order valence-electron chi connectivity index (χ4n) is 2.70. The van der Waals surface area contributed by atoms with Gasteiger partial charge in [-0.25, -0.2) is 12.8 Å².